The summed E-state index contributed by atoms with van der Waals surface area (Å²) in [6, 6.07) is 0. The quantitative estimate of drug-likeness (QED) is 0.238. The zero-order valence-corrected chi connectivity index (χ0v) is 17.2. The first kappa shape index (κ1) is 20.0. The summed E-state index contributed by atoms with van der Waals surface area (Å²) < 4.78 is 0. The molecule has 0 spiro atoms. The Balaban J connectivity index is 0.00000242. The van der Waals surface area contributed by atoms with Crippen molar-refractivity contribution in [2.24, 2.45) is 11.8 Å². The first-order chi connectivity index (χ1) is 10.2. The van der Waals surface area contributed by atoms with Gasteiger partial charge < -0.3 is 0 Å². The Bertz CT molecular complexity index is 408. The molecule has 0 saturated heterocycles. The molecule has 0 aromatic rings. The molecule has 0 N–H and O–H groups in total. The maximum Gasteiger partial charge on any atom is -0.00433 e. The Morgan fingerprint density at radius 1 is 1.14 bits per heavy atom. The van der Waals surface area contributed by atoms with E-state index >= 15 is 0 Å². The Morgan fingerprint density at radius 2 is 1.86 bits per heavy atom. The summed E-state index contributed by atoms with van der Waals surface area (Å²) in [5, 5.41) is 0. The average Bonchev–Trinajstić information content (AvgIpc) is 2.92. The molecule has 0 bridgehead atoms. The fraction of sp³-hybridized carbons (Fsp3) is 0.714. The molecule has 1 fully saturated rings. The molecule has 0 nitrogen and oxygen atoms in total. The topological polar surface area (TPSA) is 0 Å². The maximum absolute atomic E-state index is 2.55. The third kappa shape index (κ3) is 6.22. The third-order valence-electron chi connectivity index (χ3n) is 5.51. The number of halogens is 1. The monoisotopic (exact) mass is 414 g/mol. The van der Waals surface area contributed by atoms with Crippen molar-refractivity contribution < 1.29 is 0 Å². The molecular formula is C21H35I. The number of allylic oxidation sites excluding steroid dienone is 6. The van der Waals surface area contributed by atoms with Gasteiger partial charge in [0.15, 0.2) is 0 Å². The van der Waals surface area contributed by atoms with Crippen molar-refractivity contribution in [1.29, 1.82) is 0 Å². The molecule has 1 atom stereocenters. The van der Waals surface area contributed by atoms with E-state index in [0.717, 1.165) is 5.92 Å². The van der Waals surface area contributed by atoms with E-state index < -0.39 is 0 Å². The van der Waals surface area contributed by atoms with Crippen LogP contribution in [-0.4, -0.2) is 0 Å². The SMILES string of the molecule is C/C=C\C(=C/C(C)C1=C(C)CCC1)CCC1CCCCC1.I. The van der Waals surface area contributed by atoms with Crippen molar-refractivity contribution in [3.8, 4) is 0 Å². The van der Waals surface area contributed by atoms with E-state index in [1.807, 2.05) is 0 Å². The van der Waals surface area contributed by atoms with Crippen molar-refractivity contribution in [3.05, 3.63) is 34.9 Å². The van der Waals surface area contributed by atoms with Crippen LogP contribution in [-0.2, 0) is 0 Å². The highest BCUT2D eigenvalue weighted by Crippen LogP contribution is 2.33. The van der Waals surface area contributed by atoms with Crippen LogP contribution in [0.2, 0.25) is 0 Å². The molecule has 2 aliphatic carbocycles. The average molecular weight is 414 g/mol. The number of rotatable bonds is 6. The molecule has 22 heavy (non-hydrogen) atoms. The first-order valence-corrected chi connectivity index (χ1v) is 9.22. The summed E-state index contributed by atoms with van der Waals surface area (Å²) >= 11 is 0. The second kappa shape index (κ2) is 10.7. The maximum atomic E-state index is 2.55. The van der Waals surface area contributed by atoms with Gasteiger partial charge >= 0.3 is 0 Å². The van der Waals surface area contributed by atoms with E-state index in [1.165, 1.54) is 64.2 Å². The van der Waals surface area contributed by atoms with Crippen molar-refractivity contribution >= 4 is 24.0 Å². The van der Waals surface area contributed by atoms with Gasteiger partial charge in [-0.15, -0.1) is 24.0 Å². The van der Waals surface area contributed by atoms with Crippen LogP contribution < -0.4 is 0 Å². The summed E-state index contributed by atoms with van der Waals surface area (Å²) in [6.07, 6.45) is 21.2. The van der Waals surface area contributed by atoms with Gasteiger partial charge in [0.25, 0.3) is 0 Å². The third-order valence-corrected chi connectivity index (χ3v) is 5.51. The molecule has 0 amide bonds. The molecule has 126 valence electrons. The van der Waals surface area contributed by atoms with Gasteiger partial charge in [0.1, 0.15) is 0 Å². The van der Waals surface area contributed by atoms with E-state index in [-0.39, 0.29) is 24.0 Å². The lowest BCUT2D eigenvalue weighted by Crippen LogP contribution is -2.06. The first-order valence-electron chi connectivity index (χ1n) is 9.22. The van der Waals surface area contributed by atoms with Gasteiger partial charge in [-0.05, 0) is 57.8 Å². The number of hydrogen-bond acceptors (Lipinski definition) is 0. The smallest absolute Gasteiger partial charge is 0.00433 e. The minimum Gasteiger partial charge on any atom is -0.107 e. The van der Waals surface area contributed by atoms with E-state index in [1.54, 1.807) is 16.7 Å². The van der Waals surface area contributed by atoms with Gasteiger partial charge in [-0.1, -0.05) is 74.0 Å². The molecule has 2 rings (SSSR count). The molecule has 0 aromatic carbocycles. The highest BCUT2D eigenvalue weighted by Gasteiger charge is 2.17. The van der Waals surface area contributed by atoms with Crippen molar-refractivity contribution in [3.63, 3.8) is 0 Å². The fourth-order valence-corrected chi connectivity index (χ4v) is 4.24. The van der Waals surface area contributed by atoms with Crippen molar-refractivity contribution in [2.75, 3.05) is 0 Å². The largest absolute Gasteiger partial charge is 0.107 e. The van der Waals surface area contributed by atoms with Gasteiger partial charge in [-0.25, -0.2) is 0 Å². The Kier molecular flexibility index (Phi) is 9.70. The van der Waals surface area contributed by atoms with Crippen LogP contribution in [0.25, 0.3) is 0 Å². The Labute approximate surface area is 155 Å². The predicted molar refractivity (Wildman–Crippen MR) is 110 cm³/mol. The van der Waals surface area contributed by atoms with Crippen LogP contribution in [0.5, 0.6) is 0 Å². The summed E-state index contributed by atoms with van der Waals surface area (Å²) in [6.45, 7) is 6.89. The second-order valence-corrected chi connectivity index (χ2v) is 7.23. The standard InChI is InChI=1S/C21H34.HI/c1-4-9-20(15-14-19-11-6-5-7-12-19)16-18(3)21-13-8-10-17(21)2;/h4,9,16,18-19H,5-8,10-15H2,1-3H3;1H/b9-4-,20-16+;. The molecule has 0 heterocycles. The van der Waals surface area contributed by atoms with Crippen LogP contribution in [0.4, 0.5) is 0 Å². The lowest BCUT2D eigenvalue weighted by molar-refractivity contribution is 0.339. The molecule has 2 aliphatic rings. The van der Waals surface area contributed by atoms with Crippen LogP contribution in [0, 0.1) is 11.8 Å². The van der Waals surface area contributed by atoms with E-state index in [0.29, 0.717) is 5.92 Å². The summed E-state index contributed by atoms with van der Waals surface area (Å²) in [7, 11) is 0. The fourth-order valence-electron chi connectivity index (χ4n) is 4.24. The highest BCUT2D eigenvalue weighted by atomic mass is 127. The lowest BCUT2D eigenvalue weighted by Gasteiger charge is -2.22. The molecule has 1 heteroatoms. The molecule has 0 aliphatic heterocycles. The summed E-state index contributed by atoms with van der Waals surface area (Å²) in [5.74, 6) is 1.64. The van der Waals surface area contributed by atoms with E-state index in [2.05, 4.69) is 39.0 Å². The molecule has 1 unspecified atom stereocenters. The zero-order valence-electron chi connectivity index (χ0n) is 14.9. The number of hydrogen-bond donors (Lipinski definition) is 0. The summed E-state index contributed by atoms with van der Waals surface area (Å²) in [4.78, 5) is 0. The Hall–Kier alpha value is -0.0500. The molecule has 0 aromatic heterocycles. The zero-order chi connectivity index (χ0) is 15.1. The van der Waals surface area contributed by atoms with Crippen LogP contribution >= 0.6 is 24.0 Å². The second-order valence-electron chi connectivity index (χ2n) is 7.23. The van der Waals surface area contributed by atoms with Crippen molar-refractivity contribution in [2.45, 2.75) is 85.0 Å². The van der Waals surface area contributed by atoms with E-state index in [9.17, 15) is 0 Å². The molecular weight excluding hydrogens is 379 g/mol. The lowest BCUT2D eigenvalue weighted by atomic mass is 9.84. The highest BCUT2D eigenvalue weighted by molar-refractivity contribution is 14.0. The van der Waals surface area contributed by atoms with E-state index in [4.69, 9.17) is 0 Å². The van der Waals surface area contributed by atoms with Crippen LogP contribution in [0.15, 0.2) is 34.9 Å². The van der Waals surface area contributed by atoms with Crippen LogP contribution in [0.1, 0.15) is 85.0 Å². The predicted octanol–water partition coefficient (Wildman–Crippen LogP) is 7.60. The minimum absolute atomic E-state index is 0. The molecule has 1 saturated carbocycles. The van der Waals surface area contributed by atoms with Crippen LogP contribution in [0.3, 0.4) is 0 Å². The molecule has 0 radical (unpaired) electrons. The van der Waals surface area contributed by atoms with Gasteiger partial charge in [0.05, 0.1) is 0 Å². The normalized spacial score (nSPS) is 22.2. The van der Waals surface area contributed by atoms with Crippen molar-refractivity contribution in [1.82, 2.24) is 0 Å². The minimum atomic E-state index is 0. The van der Waals surface area contributed by atoms with Gasteiger partial charge in [-0.2, -0.15) is 0 Å². The summed E-state index contributed by atoms with van der Waals surface area (Å²) in [5.41, 5.74) is 4.95. The Morgan fingerprint density at radius 3 is 2.45 bits per heavy atom. The van der Waals surface area contributed by atoms with Gasteiger partial charge in [-0.3, -0.25) is 0 Å². The van der Waals surface area contributed by atoms with Gasteiger partial charge in [0, 0.05) is 0 Å². The van der Waals surface area contributed by atoms with Gasteiger partial charge in [0.2, 0.25) is 0 Å².